The van der Waals surface area contributed by atoms with Gasteiger partial charge in [-0.1, -0.05) is 6.08 Å². The number of allylic oxidation sites excluding steroid dienone is 1. The Hall–Kier alpha value is -1.23. The zero-order chi connectivity index (χ0) is 9.97. The summed E-state index contributed by atoms with van der Waals surface area (Å²) in [5, 5.41) is 0. The van der Waals surface area contributed by atoms with Gasteiger partial charge in [-0.3, -0.25) is 0 Å². The van der Waals surface area contributed by atoms with E-state index in [0.717, 1.165) is 28.9 Å². The van der Waals surface area contributed by atoms with E-state index in [9.17, 15) is 0 Å². The Balaban J connectivity index is 2.50. The van der Waals surface area contributed by atoms with Crippen LogP contribution < -0.4 is 0 Å². The number of rotatable bonds is 3. The number of halogens is 1. The molecule has 5 heteroatoms. The molecule has 2 rings (SSSR count). The van der Waals surface area contributed by atoms with Gasteiger partial charge >= 0.3 is 0 Å². The first-order valence-corrected chi connectivity index (χ1v) is 5.05. The van der Waals surface area contributed by atoms with Gasteiger partial charge in [-0.2, -0.15) is 0 Å². The highest BCUT2D eigenvalue weighted by Gasteiger charge is 2.07. The lowest BCUT2D eigenvalue weighted by molar-refractivity contribution is 0.707. The van der Waals surface area contributed by atoms with E-state index in [1.165, 1.54) is 6.33 Å². The molecule has 0 saturated heterocycles. The quantitative estimate of drug-likeness (QED) is 0.621. The lowest BCUT2D eigenvalue weighted by Gasteiger charge is -2.01. The summed E-state index contributed by atoms with van der Waals surface area (Å²) in [6, 6.07) is 0. The predicted molar refractivity (Wildman–Crippen MR) is 57.8 cm³/mol. The molecule has 2 aromatic rings. The van der Waals surface area contributed by atoms with Gasteiger partial charge in [-0.05, 0) is 22.4 Å². The van der Waals surface area contributed by atoms with Crippen LogP contribution in [0.4, 0.5) is 0 Å². The maximum Gasteiger partial charge on any atom is 0.179 e. The zero-order valence-electron chi connectivity index (χ0n) is 7.52. The minimum atomic E-state index is 0.787. The van der Waals surface area contributed by atoms with Crippen molar-refractivity contribution in [2.24, 2.45) is 0 Å². The standard InChI is InChI=1S/C9H9BrN4/c1-2-3-4-14-8-7(13-9(14)10)5-11-6-12-8/h2,5-6H,1,3-4H2. The maximum atomic E-state index is 4.29. The summed E-state index contributed by atoms with van der Waals surface area (Å²) in [6.45, 7) is 4.52. The Morgan fingerprint density at radius 2 is 2.43 bits per heavy atom. The minimum Gasteiger partial charge on any atom is -0.303 e. The largest absolute Gasteiger partial charge is 0.303 e. The van der Waals surface area contributed by atoms with Crippen LogP contribution in [0.5, 0.6) is 0 Å². The third-order valence-electron chi connectivity index (χ3n) is 1.92. The Labute approximate surface area is 89.8 Å². The van der Waals surface area contributed by atoms with E-state index in [0.29, 0.717) is 0 Å². The summed E-state index contributed by atoms with van der Waals surface area (Å²) in [4.78, 5) is 12.4. The van der Waals surface area contributed by atoms with E-state index in [4.69, 9.17) is 0 Å². The molecular weight excluding hydrogens is 244 g/mol. The molecule has 0 radical (unpaired) electrons. The summed E-state index contributed by atoms with van der Waals surface area (Å²) in [5.41, 5.74) is 1.66. The topological polar surface area (TPSA) is 43.6 Å². The van der Waals surface area contributed by atoms with Crippen LogP contribution in [0.1, 0.15) is 6.42 Å². The van der Waals surface area contributed by atoms with Crippen molar-refractivity contribution in [1.29, 1.82) is 0 Å². The molecule has 0 aliphatic heterocycles. The number of aryl methyl sites for hydroxylation is 1. The van der Waals surface area contributed by atoms with Gasteiger partial charge in [0.2, 0.25) is 0 Å². The summed E-state index contributed by atoms with van der Waals surface area (Å²) < 4.78 is 2.79. The number of imidazole rings is 1. The molecule has 0 unspecified atom stereocenters. The highest BCUT2D eigenvalue weighted by Crippen LogP contribution is 2.17. The second-order valence-corrected chi connectivity index (χ2v) is 3.55. The number of aromatic nitrogens is 4. The van der Waals surface area contributed by atoms with E-state index in [2.05, 4.69) is 37.5 Å². The lowest BCUT2D eigenvalue weighted by Crippen LogP contribution is -1.98. The predicted octanol–water partition coefficient (Wildman–Crippen LogP) is 2.16. The van der Waals surface area contributed by atoms with Crippen molar-refractivity contribution < 1.29 is 0 Å². The third-order valence-corrected chi connectivity index (χ3v) is 2.53. The number of hydrogen-bond acceptors (Lipinski definition) is 3. The van der Waals surface area contributed by atoms with E-state index < -0.39 is 0 Å². The zero-order valence-corrected chi connectivity index (χ0v) is 9.11. The highest BCUT2D eigenvalue weighted by molar-refractivity contribution is 9.10. The van der Waals surface area contributed by atoms with Crippen molar-refractivity contribution in [3.05, 3.63) is 29.9 Å². The summed E-state index contributed by atoms with van der Waals surface area (Å²) in [6.07, 6.45) is 6.01. The molecule has 72 valence electrons. The highest BCUT2D eigenvalue weighted by atomic mass is 79.9. The van der Waals surface area contributed by atoms with Crippen LogP contribution in [-0.2, 0) is 6.54 Å². The fourth-order valence-electron chi connectivity index (χ4n) is 1.27. The Morgan fingerprint density at radius 1 is 1.57 bits per heavy atom. The molecule has 4 nitrogen and oxygen atoms in total. The summed E-state index contributed by atoms with van der Waals surface area (Å²) >= 11 is 3.39. The normalized spacial score (nSPS) is 10.6. The van der Waals surface area contributed by atoms with E-state index in [-0.39, 0.29) is 0 Å². The van der Waals surface area contributed by atoms with Gasteiger partial charge in [0.1, 0.15) is 11.8 Å². The van der Waals surface area contributed by atoms with Crippen molar-refractivity contribution in [2.75, 3.05) is 0 Å². The number of nitrogens with zero attached hydrogens (tertiary/aromatic N) is 4. The average Bonchev–Trinajstić information content (AvgIpc) is 2.51. The summed E-state index contributed by atoms with van der Waals surface area (Å²) in [5.74, 6) is 0. The second kappa shape index (κ2) is 3.88. The third kappa shape index (κ3) is 1.55. The Bertz CT molecular complexity index is 463. The van der Waals surface area contributed by atoms with Crippen molar-refractivity contribution in [2.45, 2.75) is 13.0 Å². The van der Waals surface area contributed by atoms with Gasteiger partial charge in [0.05, 0.1) is 6.20 Å². The lowest BCUT2D eigenvalue weighted by atomic mass is 10.4. The molecule has 0 amide bonds. The average molecular weight is 253 g/mol. The van der Waals surface area contributed by atoms with Crippen LogP contribution in [0.3, 0.4) is 0 Å². The van der Waals surface area contributed by atoms with E-state index in [1.54, 1.807) is 6.20 Å². The Kier molecular flexibility index (Phi) is 2.58. The summed E-state index contributed by atoms with van der Waals surface area (Å²) in [7, 11) is 0. The van der Waals surface area contributed by atoms with Crippen molar-refractivity contribution in [3.8, 4) is 0 Å². The minimum absolute atomic E-state index is 0.787. The number of hydrogen-bond donors (Lipinski definition) is 0. The molecule has 0 spiro atoms. The molecule has 0 atom stereocenters. The second-order valence-electron chi connectivity index (χ2n) is 2.84. The molecule has 14 heavy (non-hydrogen) atoms. The van der Waals surface area contributed by atoms with E-state index in [1.807, 2.05) is 10.6 Å². The first kappa shape index (κ1) is 9.33. The molecular formula is C9H9BrN4. The van der Waals surface area contributed by atoms with Gasteiger partial charge in [0.15, 0.2) is 10.4 Å². The maximum absolute atomic E-state index is 4.29. The van der Waals surface area contributed by atoms with Crippen LogP contribution in [0.25, 0.3) is 11.2 Å². The molecule has 2 aromatic heterocycles. The van der Waals surface area contributed by atoms with Crippen LogP contribution in [0, 0.1) is 0 Å². The molecule has 0 aliphatic rings. The Morgan fingerprint density at radius 3 is 3.21 bits per heavy atom. The molecule has 0 aromatic carbocycles. The van der Waals surface area contributed by atoms with Crippen molar-refractivity contribution >= 4 is 27.1 Å². The van der Waals surface area contributed by atoms with Crippen LogP contribution in [0.2, 0.25) is 0 Å². The van der Waals surface area contributed by atoms with Crippen LogP contribution >= 0.6 is 15.9 Å². The smallest absolute Gasteiger partial charge is 0.179 e. The fourth-order valence-corrected chi connectivity index (χ4v) is 1.80. The van der Waals surface area contributed by atoms with E-state index >= 15 is 0 Å². The van der Waals surface area contributed by atoms with Crippen molar-refractivity contribution in [1.82, 2.24) is 19.5 Å². The van der Waals surface area contributed by atoms with Gasteiger partial charge < -0.3 is 4.57 Å². The van der Waals surface area contributed by atoms with Crippen LogP contribution in [-0.4, -0.2) is 19.5 Å². The monoisotopic (exact) mass is 252 g/mol. The van der Waals surface area contributed by atoms with Gasteiger partial charge in [0, 0.05) is 6.54 Å². The van der Waals surface area contributed by atoms with Gasteiger partial charge in [-0.15, -0.1) is 6.58 Å². The first-order valence-electron chi connectivity index (χ1n) is 4.25. The molecule has 0 saturated carbocycles. The van der Waals surface area contributed by atoms with Crippen LogP contribution in [0.15, 0.2) is 29.9 Å². The SMILES string of the molecule is C=CCCn1c(Br)nc2cncnc21. The molecule has 0 fully saturated rings. The molecule has 0 bridgehead atoms. The fraction of sp³-hybridized carbons (Fsp3) is 0.222. The number of fused-ring (bicyclic) bond motifs is 1. The first-order chi connectivity index (χ1) is 6.83. The van der Waals surface area contributed by atoms with Gasteiger partial charge in [0.25, 0.3) is 0 Å². The molecule has 0 N–H and O–H groups in total. The molecule has 2 heterocycles. The van der Waals surface area contributed by atoms with Crippen molar-refractivity contribution in [3.63, 3.8) is 0 Å². The molecule has 0 aliphatic carbocycles. The van der Waals surface area contributed by atoms with Gasteiger partial charge in [-0.25, -0.2) is 15.0 Å².